The number of aryl methyl sites for hydroxylation is 1. The van der Waals surface area contributed by atoms with Gasteiger partial charge in [0.1, 0.15) is 5.75 Å². The van der Waals surface area contributed by atoms with Crippen LogP contribution in [-0.2, 0) is 11.2 Å². The van der Waals surface area contributed by atoms with Gasteiger partial charge in [-0.1, -0.05) is 35.9 Å². The van der Waals surface area contributed by atoms with Crippen molar-refractivity contribution >= 4 is 23.2 Å². The van der Waals surface area contributed by atoms with Crippen molar-refractivity contribution in [1.82, 2.24) is 0 Å². The smallest absolute Gasteiger partial charge is 0.228 e. The monoisotopic (exact) mass is 275 g/mol. The Labute approximate surface area is 116 Å². The van der Waals surface area contributed by atoms with E-state index in [1.807, 2.05) is 13.0 Å². The lowest BCUT2D eigenvalue weighted by Gasteiger charge is -2.08. The zero-order chi connectivity index (χ0) is 13.8. The lowest BCUT2D eigenvalue weighted by molar-refractivity contribution is -0.115. The van der Waals surface area contributed by atoms with Crippen LogP contribution >= 0.6 is 11.6 Å². The summed E-state index contributed by atoms with van der Waals surface area (Å²) >= 11 is 5.99. The second kappa shape index (κ2) is 5.76. The zero-order valence-electron chi connectivity index (χ0n) is 10.5. The van der Waals surface area contributed by atoms with Crippen molar-refractivity contribution in [2.75, 3.05) is 5.32 Å². The molecule has 2 N–H and O–H groups in total. The summed E-state index contributed by atoms with van der Waals surface area (Å²) < 4.78 is 0. The van der Waals surface area contributed by atoms with Gasteiger partial charge in [0.25, 0.3) is 0 Å². The number of aromatic hydroxyl groups is 1. The third-order valence-electron chi connectivity index (χ3n) is 2.80. The molecule has 98 valence electrons. The molecule has 4 heteroatoms. The first-order valence-electron chi connectivity index (χ1n) is 5.89. The van der Waals surface area contributed by atoms with Crippen LogP contribution in [0.2, 0.25) is 5.02 Å². The van der Waals surface area contributed by atoms with E-state index in [9.17, 15) is 9.90 Å². The zero-order valence-corrected chi connectivity index (χ0v) is 11.2. The van der Waals surface area contributed by atoms with Gasteiger partial charge in [-0.15, -0.1) is 0 Å². The number of hydrogen-bond acceptors (Lipinski definition) is 2. The van der Waals surface area contributed by atoms with Gasteiger partial charge >= 0.3 is 0 Å². The average Bonchev–Trinajstić information content (AvgIpc) is 2.37. The standard InChI is InChI=1S/C15H14ClNO2/c1-10-6-7-12(9-13(10)16)17-15(19)8-11-4-2-3-5-14(11)18/h2-7,9,18H,8H2,1H3,(H,17,19). The normalized spacial score (nSPS) is 10.2. The Kier molecular flexibility index (Phi) is 4.07. The van der Waals surface area contributed by atoms with Crippen LogP contribution < -0.4 is 5.32 Å². The molecule has 3 nitrogen and oxygen atoms in total. The van der Waals surface area contributed by atoms with E-state index in [1.54, 1.807) is 36.4 Å². The van der Waals surface area contributed by atoms with Crippen molar-refractivity contribution < 1.29 is 9.90 Å². The summed E-state index contributed by atoms with van der Waals surface area (Å²) in [5.74, 6) is -0.0685. The molecule has 2 aromatic rings. The Morgan fingerprint density at radius 2 is 2.00 bits per heavy atom. The highest BCUT2D eigenvalue weighted by atomic mass is 35.5. The summed E-state index contributed by atoms with van der Waals surface area (Å²) in [7, 11) is 0. The van der Waals surface area contributed by atoms with Crippen LogP contribution in [0.3, 0.4) is 0 Å². The second-order valence-corrected chi connectivity index (χ2v) is 4.72. The topological polar surface area (TPSA) is 49.3 Å². The molecule has 2 aromatic carbocycles. The number of carbonyl (C=O) groups is 1. The van der Waals surface area contributed by atoms with Crippen LogP contribution in [0.5, 0.6) is 5.75 Å². The Morgan fingerprint density at radius 3 is 2.68 bits per heavy atom. The number of nitrogens with one attached hydrogen (secondary N) is 1. The van der Waals surface area contributed by atoms with Crippen LogP contribution in [-0.4, -0.2) is 11.0 Å². The average molecular weight is 276 g/mol. The van der Waals surface area contributed by atoms with E-state index < -0.39 is 0 Å². The predicted octanol–water partition coefficient (Wildman–Crippen LogP) is 3.54. The largest absolute Gasteiger partial charge is 0.508 e. The highest BCUT2D eigenvalue weighted by Gasteiger charge is 2.08. The van der Waals surface area contributed by atoms with Gasteiger partial charge in [-0.05, 0) is 30.7 Å². The molecular formula is C15H14ClNO2. The summed E-state index contributed by atoms with van der Waals surface area (Å²) in [6.45, 7) is 1.90. The highest BCUT2D eigenvalue weighted by molar-refractivity contribution is 6.31. The Hall–Kier alpha value is -2.00. The minimum atomic E-state index is -0.193. The quantitative estimate of drug-likeness (QED) is 0.900. The molecule has 2 rings (SSSR count). The van der Waals surface area contributed by atoms with Gasteiger partial charge in [0.05, 0.1) is 6.42 Å². The van der Waals surface area contributed by atoms with Crippen LogP contribution in [0.1, 0.15) is 11.1 Å². The van der Waals surface area contributed by atoms with Gasteiger partial charge in [0.15, 0.2) is 0 Å². The van der Waals surface area contributed by atoms with E-state index >= 15 is 0 Å². The molecule has 0 aliphatic rings. The Morgan fingerprint density at radius 1 is 1.26 bits per heavy atom. The first kappa shape index (κ1) is 13.4. The lowest BCUT2D eigenvalue weighted by Crippen LogP contribution is -2.14. The number of amides is 1. The van der Waals surface area contributed by atoms with Crippen LogP contribution in [0, 0.1) is 6.92 Å². The summed E-state index contributed by atoms with van der Waals surface area (Å²) in [5, 5.41) is 13.0. The van der Waals surface area contributed by atoms with E-state index in [2.05, 4.69) is 5.32 Å². The summed E-state index contributed by atoms with van der Waals surface area (Å²) in [6, 6.07) is 12.1. The van der Waals surface area contributed by atoms with Crippen LogP contribution in [0.15, 0.2) is 42.5 Å². The predicted molar refractivity (Wildman–Crippen MR) is 76.6 cm³/mol. The minimum Gasteiger partial charge on any atom is -0.508 e. The molecule has 0 fully saturated rings. The van der Waals surface area contributed by atoms with E-state index in [1.165, 1.54) is 0 Å². The van der Waals surface area contributed by atoms with Gasteiger partial charge < -0.3 is 10.4 Å². The van der Waals surface area contributed by atoms with Crippen LogP contribution in [0.25, 0.3) is 0 Å². The van der Waals surface area contributed by atoms with Gasteiger partial charge in [-0.2, -0.15) is 0 Å². The fourth-order valence-electron chi connectivity index (χ4n) is 1.71. The maximum absolute atomic E-state index is 11.9. The van der Waals surface area contributed by atoms with Crippen molar-refractivity contribution in [2.45, 2.75) is 13.3 Å². The molecule has 0 atom stereocenters. The van der Waals surface area contributed by atoms with Gasteiger partial charge in [0.2, 0.25) is 5.91 Å². The molecular weight excluding hydrogens is 262 g/mol. The number of phenols is 1. The van der Waals surface area contributed by atoms with Crippen molar-refractivity contribution in [3.63, 3.8) is 0 Å². The number of rotatable bonds is 3. The van der Waals surface area contributed by atoms with E-state index in [0.29, 0.717) is 16.3 Å². The van der Waals surface area contributed by atoms with Gasteiger partial charge in [0, 0.05) is 16.3 Å². The molecule has 1 amide bonds. The van der Waals surface area contributed by atoms with E-state index in [0.717, 1.165) is 5.56 Å². The number of hydrogen-bond donors (Lipinski definition) is 2. The molecule has 0 saturated carbocycles. The molecule has 0 bridgehead atoms. The number of para-hydroxylation sites is 1. The second-order valence-electron chi connectivity index (χ2n) is 4.32. The first-order chi connectivity index (χ1) is 9.06. The maximum Gasteiger partial charge on any atom is 0.228 e. The number of halogens is 1. The highest BCUT2D eigenvalue weighted by Crippen LogP contribution is 2.21. The third kappa shape index (κ3) is 3.48. The Bertz CT molecular complexity index is 611. The number of carbonyl (C=O) groups excluding carboxylic acids is 1. The van der Waals surface area contributed by atoms with Crippen molar-refractivity contribution in [1.29, 1.82) is 0 Å². The van der Waals surface area contributed by atoms with Gasteiger partial charge in [-0.25, -0.2) is 0 Å². The Balaban J connectivity index is 2.05. The maximum atomic E-state index is 11.9. The fourth-order valence-corrected chi connectivity index (χ4v) is 1.89. The van der Waals surface area contributed by atoms with Crippen LogP contribution in [0.4, 0.5) is 5.69 Å². The minimum absolute atomic E-state index is 0.123. The van der Waals surface area contributed by atoms with Crippen molar-refractivity contribution in [2.24, 2.45) is 0 Å². The molecule has 0 aliphatic heterocycles. The van der Waals surface area contributed by atoms with Crippen molar-refractivity contribution in [3.05, 3.63) is 58.6 Å². The molecule has 0 aliphatic carbocycles. The molecule has 0 aromatic heterocycles. The van der Waals surface area contributed by atoms with Gasteiger partial charge in [-0.3, -0.25) is 4.79 Å². The number of anilines is 1. The number of benzene rings is 2. The van der Waals surface area contributed by atoms with E-state index in [-0.39, 0.29) is 18.1 Å². The number of phenolic OH excluding ortho intramolecular Hbond substituents is 1. The summed E-state index contributed by atoms with van der Waals surface area (Å²) in [4.78, 5) is 11.9. The lowest BCUT2D eigenvalue weighted by atomic mass is 10.1. The van der Waals surface area contributed by atoms with E-state index in [4.69, 9.17) is 11.6 Å². The first-order valence-corrected chi connectivity index (χ1v) is 6.27. The summed E-state index contributed by atoms with van der Waals surface area (Å²) in [5.41, 5.74) is 2.20. The molecule has 19 heavy (non-hydrogen) atoms. The molecule has 0 unspecified atom stereocenters. The van der Waals surface area contributed by atoms with Crippen molar-refractivity contribution in [3.8, 4) is 5.75 Å². The molecule has 0 heterocycles. The third-order valence-corrected chi connectivity index (χ3v) is 3.21. The molecule has 0 spiro atoms. The molecule has 0 radical (unpaired) electrons. The SMILES string of the molecule is Cc1ccc(NC(=O)Cc2ccccc2O)cc1Cl. The molecule has 0 saturated heterocycles. The summed E-state index contributed by atoms with van der Waals surface area (Å²) in [6.07, 6.45) is 0.123. The fraction of sp³-hybridized carbons (Fsp3) is 0.133.